The van der Waals surface area contributed by atoms with Gasteiger partial charge in [0.15, 0.2) is 0 Å². The highest BCUT2D eigenvalue weighted by Crippen LogP contribution is 2.28. The van der Waals surface area contributed by atoms with E-state index >= 15 is 0 Å². The molecule has 1 aliphatic rings. The summed E-state index contributed by atoms with van der Waals surface area (Å²) in [5, 5.41) is 10.7. The molecule has 1 saturated carbocycles. The number of phenolic OH excluding ortho intramolecular Hbond substituents is 1. The molecule has 5 heteroatoms. The maximum Gasteiger partial charge on any atom is 0.255 e. The lowest BCUT2D eigenvalue weighted by Gasteiger charge is -2.28. The Kier molecular flexibility index (Phi) is 5.11. The van der Waals surface area contributed by atoms with Crippen LogP contribution in [-0.2, 0) is 0 Å². The zero-order valence-electron chi connectivity index (χ0n) is 10.6. The van der Waals surface area contributed by atoms with Crippen molar-refractivity contribution in [1.82, 2.24) is 4.90 Å². The van der Waals surface area contributed by atoms with Crippen molar-refractivity contribution in [3.63, 3.8) is 0 Å². The molecule has 1 N–H and O–H groups in total. The fourth-order valence-corrected chi connectivity index (χ4v) is 3.17. The van der Waals surface area contributed by atoms with Crippen LogP contribution in [0.4, 0.5) is 0 Å². The molecule has 0 heterocycles. The van der Waals surface area contributed by atoms with Gasteiger partial charge in [-0.15, -0.1) is 0 Å². The minimum Gasteiger partial charge on any atom is -0.508 e. The second-order valence-corrected chi connectivity index (χ2v) is 5.99. The molecule has 0 aliphatic heterocycles. The summed E-state index contributed by atoms with van der Waals surface area (Å²) in [5.41, 5.74) is 0.384. The molecule has 0 aromatic heterocycles. The predicted molar refractivity (Wildman–Crippen MR) is 80.2 cm³/mol. The topological polar surface area (TPSA) is 40.5 Å². The Morgan fingerprint density at radius 1 is 1.42 bits per heavy atom. The number of rotatable bonds is 4. The van der Waals surface area contributed by atoms with Gasteiger partial charge in [0, 0.05) is 17.9 Å². The lowest BCUT2D eigenvalue weighted by molar-refractivity contribution is 0.0696. The molecule has 0 radical (unpaired) electrons. The van der Waals surface area contributed by atoms with Crippen LogP contribution in [0.5, 0.6) is 5.75 Å². The van der Waals surface area contributed by atoms with Crippen LogP contribution in [0.3, 0.4) is 0 Å². The van der Waals surface area contributed by atoms with E-state index in [4.69, 9.17) is 11.6 Å². The zero-order valence-corrected chi connectivity index (χ0v) is 13.0. The summed E-state index contributed by atoms with van der Waals surface area (Å²) >= 11 is 9.47. The summed E-state index contributed by atoms with van der Waals surface area (Å²) < 4.78 is 0. The minimum atomic E-state index is -0.0905. The van der Waals surface area contributed by atoms with Crippen LogP contribution in [0.1, 0.15) is 36.0 Å². The predicted octanol–water partition coefficient (Wildman–Crippen LogP) is 3.83. The summed E-state index contributed by atoms with van der Waals surface area (Å²) in [6.45, 7) is 0.662. The molecular formula is C14H17BrClNO2. The average molecular weight is 347 g/mol. The summed E-state index contributed by atoms with van der Waals surface area (Å²) in [6.07, 6.45) is 4.44. The van der Waals surface area contributed by atoms with Gasteiger partial charge in [-0.05, 0) is 31.0 Å². The fraction of sp³-hybridized carbons (Fsp3) is 0.500. The molecule has 0 bridgehead atoms. The van der Waals surface area contributed by atoms with Crippen molar-refractivity contribution in [2.24, 2.45) is 0 Å². The van der Waals surface area contributed by atoms with E-state index < -0.39 is 0 Å². The van der Waals surface area contributed by atoms with E-state index in [1.54, 1.807) is 6.07 Å². The van der Waals surface area contributed by atoms with Gasteiger partial charge < -0.3 is 10.0 Å². The molecule has 1 amide bonds. The maximum atomic E-state index is 12.6. The lowest BCUT2D eigenvalue weighted by Crippen LogP contribution is -2.40. The number of halogens is 2. The van der Waals surface area contributed by atoms with E-state index in [9.17, 15) is 9.90 Å². The first-order valence-corrected chi connectivity index (χ1v) is 7.99. The van der Waals surface area contributed by atoms with Crippen molar-refractivity contribution in [3.8, 4) is 5.75 Å². The van der Waals surface area contributed by atoms with Gasteiger partial charge in [0.25, 0.3) is 5.91 Å². The molecule has 2 rings (SSSR count). The number of nitrogens with zero attached hydrogens (tertiary/aromatic N) is 1. The molecule has 1 aromatic carbocycles. The van der Waals surface area contributed by atoms with E-state index in [0.29, 0.717) is 23.2 Å². The van der Waals surface area contributed by atoms with E-state index in [-0.39, 0.29) is 11.7 Å². The van der Waals surface area contributed by atoms with E-state index in [0.717, 1.165) is 18.2 Å². The molecule has 1 aliphatic carbocycles. The largest absolute Gasteiger partial charge is 0.508 e. The van der Waals surface area contributed by atoms with Crippen molar-refractivity contribution in [3.05, 3.63) is 28.8 Å². The first-order valence-electron chi connectivity index (χ1n) is 6.49. The zero-order chi connectivity index (χ0) is 13.8. The molecule has 0 spiro atoms. The molecule has 1 fully saturated rings. The smallest absolute Gasteiger partial charge is 0.255 e. The van der Waals surface area contributed by atoms with Crippen LogP contribution in [-0.4, -0.2) is 33.8 Å². The van der Waals surface area contributed by atoms with Crippen molar-refractivity contribution in [2.75, 3.05) is 11.9 Å². The second kappa shape index (κ2) is 6.62. The number of carbonyl (C=O) groups is 1. The number of hydrogen-bond donors (Lipinski definition) is 1. The Balaban J connectivity index is 2.25. The molecule has 0 saturated heterocycles. The van der Waals surface area contributed by atoms with E-state index in [1.807, 2.05) is 4.90 Å². The van der Waals surface area contributed by atoms with Gasteiger partial charge in [0.1, 0.15) is 5.75 Å². The first-order chi connectivity index (χ1) is 9.13. The number of amides is 1. The molecule has 0 unspecified atom stereocenters. The van der Waals surface area contributed by atoms with Crippen LogP contribution in [0, 0.1) is 0 Å². The molecule has 104 valence electrons. The Morgan fingerprint density at radius 2 is 2.11 bits per heavy atom. The van der Waals surface area contributed by atoms with Gasteiger partial charge >= 0.3 is 0 Å². The highest BCUT2D eigenvalue weighted by atomic mass is 79.9. The van der Waals surface area contributed by atoms with Crippen LogP contribution < -0.4 is 0 Å². The SMILES string of the molecule is O=C(c1cc(O)ccc1Cl)N(CCBr)C1CCCC1. The van der Waals surface area contributed by atoms with E-state index in [2.05, 4.69) is 15.9 Å². The number of carbonyl (C=O) groups excluding carboxylic acids is 1. The Bertz CT molecular complexity index is 461. The quantitative estimate of drug-likeness (QED) is 0.842. The van der Waals surface area contributed by atoms with Crippen LogP contribution in [0.15, 0.2) is 18.2 Å². The second-order valence-electron chi connectivity index (χ2n) is 4.79. The maximum absolute atomic E-state index is 12.6. The normalized spacial score (nSPS) is 15.7. The molecular weight excluding hydrogens is 330 g/mol. The summed E-state index contributed by atoms with van der Waals surface area (Å²) in [6, 6.07) is 4.79. The minimum absolute atomic E-state index is 0.0676. The number of aromatic hydroxyl groups is 1. The van der Waals surface area contributed by atoms with Gasteiger partial charge in [-0.25, -0.2) is 0 Å². The monoisotopic (exact) mass is 345 g/mol. The molecule has 19 heavy (non-hydrogen) atoms. The van der Waals surface area contributed by atoms with Gasteiger partial charge in [-0.2, -0.15) is 0 Å². The van der Waals surface area contributed by atoms with Crippen molar-refractivity contribution >= 4 is 33.4 Å². The summed E-state index contributed by atoms with van der Waals surface area (Å²) in [7, 11) is 0. The molecule has 1 aromatic rings. The standard InChI is InChI=1S/C14H17BrClNO2/c15-7-8-17(10-3-1-2-4-10)14(19)12-9-11(18)5-6-13(12)16/h5-6,9-10,18H,1-4,7-8H2. The third-order valence-corrected chi connectivity index (χ3v) is 4.22. The van der Waals surface area contributed by atoms with Gasteiger partial charge in [-0.1, -0.05) is 40.4 Å². The Hall–Kier alpha value is -0.740. The van der Waals surface area contributed by atoms with Gasteiger partial charge in [0.05, 0.1) is 10.6 Å². The van der Waals surface area contributed by atoms with Gasteiger partial charge in [-0.3, -0.25) is 4.79 Å². The first kappa shape index (κ1) is 14.7. The highest BCUT2D eigenvalue weighted by molar-refractivity contribution is 9.09. The van der Waals surface area contributed by atoms with Crippen LogP contribution in [0.25, 0.3) is 0 Å². The average Bonchev–Trinajstić information content (AvgIpc) is 2.92. The fourth-order valence-electron chi connectivity index (χ4n) is 2.59. The van der Waals surface area contributed by atoms with Crippen LogP contribution in [0.2, 0.25) is 5.02 Å². The molecule has 0 atom stereocenters. The summed E-state index contributed by atoms with van der Waals surface area (Å²) in [4.78, 5) is 14.5. The molecule has 3 nitrogen and oxygen atoms in total. The van der Waals surface area contributed by atoms with Crippen molar-refractivity contribution in [2.45, 2.75) is 31.7 Å². The lowest BCUT2D eigenvalue weighted by atomic mass is 10.1. The highest BCUT2D eigenvalue weighted by Gasteiger charge is 2.28. The number of hydrogen-bond acceptors (Lipinski definition) is 2. The Morgan fingerprint density at radius 3 is 2.74 bits per heavy atom. The number of benzene rings is 1. The van der Waals surface area contributed by atoms with Crippen molar-refractivity contribution in [1.29, 1.82) is 0 Å². The van der Waals surface area contributed by atoms with E-state index in [1.165, 1.54) is 25.0 Å². The third-order valence-electron chi connectivity index (χ3n) is 3.53. The van der Waals surface area contributed by atoms with Crippen molar-refractivity contribution < 1.29 is 9.90 Å². The number of alkyl halides is 1. The summed E-state index contributed by atoms with van der Waals surface area (Å²) in [5.74, 6) is -0.0229. The van der Waals surface area contributed by atoms with Gasteiger partial charge in [0.2, 0.25) is 0 Å². The number of phenols is 1. The Labute approximate surface area is 126 Å². The third kappa shape index (κ3) is 3.42. The van der Waals surface area contributed by atoms with Crippen LogP contribution >= 0.6 is 27.5 Å².